The van der Waals surface area contributed by atoms with Gasteiger partial charge in [0.1, 0.15) is 22.6 Å². The monoisotopic (exact) mass is 446 g/mol. The molecule has 0 atom stereocenters. The van der Waals surface area contributed by atoms with Gasteiger partial charge in [-0.1, -0.05) is 17.7 Å². The van der Waals surface area contributed by atoms with Crippen molar-refractivity contribution in [2.75, 3.05) is 6.61 Å². The predicted octanol–water partition coefficient (Wildman–Crippen LogP) is 3.08. The average Bonchev–Trinajstić information content (AvgIpc) is 3.15. The van der Waals surface area contributed by atoms with Crippen molar-refractivity contribution in [2.24, 2.45) is 0 Å². The molecule has 0 spiro atoms. The summed E-state index contributed by atoms with van der Waals surface area (Å²) < 4.78 is 27.1. The summed E-state index contributed by atoms with van der Waals surface area (Å²) in [4.78, 5) is 24.9. The first-order chi connectivity index (χ1) is 14.4. The molecule has 1 heterocycles. The van der Waals surface area contributed by atoms with E-state index in [9.17, 15) is 14.0 Å². The maximum absolute atomic E-state index is 13.4. The zero-order valence-electron chi connectivity index (χ0n) is 15.6. The van der Waals surface area contributed by atoms with Crippen LogP contribution in [-0.4, -0.2) is 38.2 Å². The molecule has 6 rings (SSSR count). The molecule has 0 unspecified atom stereocenters. The fourth-order valence-electron chi connectivity index (χ4n) is 4.40. The smallest absolute Gasteiger partial charge is 0.258 e. The standard InChI is InChI=1S/C20H16ClFN4O3S/c21-13-5-4-11(6-14(13)22)29-7-16(27)23-19-8-20(9-19,10-19)24-18(28)12-2-1-3-15-17(12)26-30-25-15/h1-6H,7-10H2,(H,23,27)(H,24,28). The van der Waals surface area contributed by atoms with Crippen LogP contribution in [0.15, 0.2) is 36.4 Å². The van der Waals surface area contributed by atoms with Crippen LogP contribution in [0.25, 0.3) is 11.0 Å². The Morgan fingerprint density at radius 2 is 1.90 bits per heavy atom. The Balaban J connectivity index is 1.13. The summed E-state index contributed by atoms with van der Waals surface area (Å²) in [5, 5.41) is 6.04. The van der Waals surface area contributed by atoms with Gasteiger partial charge in [0.25, 0.3) is 11.8 Å². The maximum atomic E-state index is 13.4. The maximum Gasteiger partial charge on any atom is 0.258 e. The molecule has 7 nitrogen and oxygen atoms in total. The van der Waals surface area contributed by atoms with E-state index in [1.165, 1.54) is 12.1 Å². The van der Waals surface area contributed by atoms with Gasteiger partial charge in [0.2, 0.25) is 0 Å². The first kappa shape index (κ1) is 19.2. The third kappa shape index (κ3) is 3.27. The largest absolute Gasteiger partial charge is 0.484 e. The van der Waals surface area contributed by atoms with Crippen molar-refractivity contribution in [3.8, 4) is 5.75 Å². The SMILES string of the molecule is O=C(COc1ccc(Cl)c(F)c1)NC12CC(NC(=O)c3cccc4nsnc34)(C1)C2. The summed E-state index contributed by atoms with van der Waals surface area (Å²) in [7, 11) is 0. The highest BCUT2D eigenvalue weighted by Crippen LogP contribution is 2.60. The number of halogens is 2. The average molecular weight is 447 g/mol. The molecule has 2 N–H and O–H groups in total. The number of hydrogen-bond donors (Lipinski definition) is 2. The minimum absolute atomic E-state index is 0.00436. The third-order valence-corrected chi connectivity index (χ3v) is 6.45. The molecule has 2 aromatic carbocycles. The first-order valence-corrected chi connectivity index (χ1v) is 10.4. The van der Waals surface area contributed by atoms with Crippen LogP contribution in [-0.2, 0) is 4.79 Å². The molecule has 30 heavy (non-hydrogen) atoms. The lowest BCUT2D eigenvalue weighted by atomic mass is 9.44. The van der Waals surface area contributed by atoms with Crippen molar-refractivity contribution in [2.45, 2.75) is 30.3 Å². The Kier molecular flexibility index (Phi) is 4.41. The van der Waals surface area contributed by atoms with Crippen LogP contribution in [0.3, 0.4) is 0 Å². The van der Waals surface area contributed by atoms with Gasteiger partial charge in [-0.3, -0.25) is 9.59 Å². The minimum atomic E-state index is -0.601. The number of rotatable bonds is 6. The Bertz CT molecular complexity index is 1160. The molecule has 0 radical (unpaired) electrons. The number of carbonyl (C=O) groups is 2. The summed E-state index contributed by atoms with van der Waals surface area (Å²) >= 11 is 6.70. The van der Waals surface area contributed by atoms with E-state index in [0.29, 0.717) is 35.9 Å². The van der Waals surface area contributed by atoms with Gasteiger partial charge in [-0.05, 0) is 43.5 Å². The minimum Gasteiger partial charge on any atom is -0.484 e. The quantitative estimate of drug-likeness (QED) is 0.607. The fraction of sp³-hybridized carbons (Fsp3) is 0.300. The summed E-state index contributed by atoms with van der Waals surface area (Å²) in [5.74, 6) is -0.834. The Hall–Kier alpha value is -2.78. The van der Waals surface area contributed by atoms with Crippen LogP contribution >= 0.6 is 23.3 Å². The number of benzene rings is 2. The second-order valence-corrected chi connectivity index (χ2v) is 8.83. The van der Waals surface area contributed by atoms with Crippen LogP contribution in [0.2, 0.25) is 5.02 Å². The van der Waals surface area contributed by atoms with Crippen molar-refractivity contribution in [3.05, 3.63) is 52.8 Å². The van der Waals surface area contributed by atoms with Gasteiger partial charge < -0.3 is 15.4 Å². The molecule has 3 fully saturated rings. The summed E-state index contributed by atoms with van der Waals surface area (Å²) in [6.45, 7) is -0.221. The molecule has 0 aliphatic heterocycles. The molecule has 3 aliphatic carbocycles. The highest BCUT2D eigenvalue weighted by Gasteiger charge is 2.69. The van der Waals surface area contributed by atoms with E-state index in [1.807, 2.05) is 6.07 Å². The lowest BCUT2D eigenvalue weighted by molar-refractivity contribution is -0.141. The lowest BCUT2D eigenvalue weighted by Crippen LogP contribution is -2.84. The van der Waals surface area contributed by atoms with Crippen LogP contribution in [0, 0.1) is 5.82 Å². The Morgan fingerprint density at radius 3 is 2.67 bits per heavy atom. The highest BCUT2D eigenvalue weighted by molar-refractivity contribution is 7.00. The number of nitrogens with zero attached hydrogens (tertiary/aromatic N) is 2. The van der Waals surface area contributed by atoms with Crippen molar-refractivity contribution < 1.29 is 18.7 Å². The topological polar surface area (TPSA) is 93.2 Å². The molecular formula is C20H16ClFN4O3S. The van der Waals surface area contributed by atoms with Crippen LogP contribution in [0.1, 0.15) is 29.6 Å². The van der Waals surface area contributed by atoms with E-state index in [0.717, 1.165) is 17.8 Å². The first-order valence-electron chi connectivity index (χ1n) is 9.30. The van der Waals surface area contributed by atoms with E-state index < -0.39 is 5.82 Å². The van der Waals surface area contributed by atoms with Gasteiger partial charge in [-0.25, -0.2) is 4.39 Å². The lowest BCUT2D eigenvalue weighted by Gasteiger charge is -2.70. The van der Waals surface area contributed by atoms with Crippen molar-refractivity contribution in [1.29, 1.82) is 0 Å². The van der Waals surface area contributed by atoms with Crippen molar-refractivity contribution >= 4 is 46.2 Å². The molecule has 10 heteroatoms. The van der Waals surface area contributed by atoms with Gasteiger partial charge in [-0.2, -0.15) is 8.75 Å². The Morgan fingerprint density at radius 1 is 1.13 bits per heavy atom. The van der Waals surface area contributed by atoms with Crippen LogP contribution in [0.5, 0.6) is 5.75 Å². The van der Waals surface area contributed by atoms with Gasteiger partial charge >= 0.3 is 0 Å². The molecule has 1 aromatic heterocycles. The van der Waals surface area contributed by atoms with Gasteiger partial charge in [-0.15, -0.1) is 0 Å². The second kappa shape index (κ2) is 6.88. The fourth-order valence-corrected chi connectivity index (χ4v) is 5.07. The summed E-state index contributed by atoms with van der Waals surface area (Å²) in [5.41, 5.74) is 1.20. The normalized spacial score (nSPS) is 23.9. The van der Waals surface area contributed by atoms with E-state index in [4.69, 9.17) is 16.3 Å². The zero-order chi connectivity index (χ0) is 20.9. The molecule has 2 amide bonds. The van der Waals surface area contributed by atoms with Gasteiger partial charge in [0.05, 0.1) is 22.3 Å². The number of amides is 2. The summed E-state index contributed by atoms with van der Waals surface area (Å²) in [6.07, 6.45) is 2.00. The zero-order valence-corrected chi connectivity index (χ0v) is 17.1. The summed E-state index contributed by atoms with van der Waals surface area (Å²) in [6, 6.07) is 9.36. The number of ether oxygens (including phenoxy) is 1. The van der Waals surface area contributed by atoms with Crippen molar-refractivity contribution in [1.82, 2.24) is 19.4 Å². The van der Waals surface area contributed by atoms with Crippen molar-refractivity contribution in [3.63, 3.8) is 0 Å². The second-order valence-electron chi connectivity index (χ2n) is 7.90. The Labute approximate surface area is 179 Å². The van der Waals surface area contributed by atoms with Gasteiger partial charge in [0, 0.05) is 17.1 Å². The molecular weight excluding hydrogens is 431 g/mol. The van der Waals surface area contributed by atoms with E-state index in [-0.39, 0.29) is 40.3 Å². The predicted molar refractivity (Wildman–Crippen MR) is 109 cm³/mol. The number of hydrogen-bond acceptors (Lipinski definition) is 6. The third-order valence-electron chi connectivity index (χ3n) is 5.61. The molecule has 3 saturated carbocycles. The number of aromatic nitrogens is 2. The van der Waals surface area contributed by atoms with E-state index in [2.05, 4.69) is 19.4 Å². The van der Waals surface area contributed by atoms with Crippen LogP contribution in [0.4, 0.5) is 4.39 Å². The molecule has 0 saturated heterocycles. The molecule has 3 aromatic rings. The number of fused-ring (bicyclic) bond motifs is 1. The molecule has 2 bridgehead atoms. The van der Waals surface area contributed by atoms with Crippen LogP contribution < -0.4 is 15.4 Å². The van der Waals surface area contributed by atoms with E-state index in [1.54, 1.807) is 12.1 Å². The molecule has 154 valence electrons. The highest BCUT2D eigenvalue weighted by atomic mass is 35.5. The van der Waals surface area contributed by atoms with E-state index >= 15 is 0 Å². The number of nitrogens with one attached hydrogen (secondary N) is 2. The van der Waals surface area contributed by atoms with Gasteiger partial charge in [0.15, 0.2) is 6.61 Å². The number of carbonyl (C=O) groups excluding carboxylic acids is 2. The molecule has 3 aliphatic rings.